The van der Waals surface area contributed by atoms with Crippen molar-refractivity contribution < 1.29 is 4.39 Å². The largest absolute Gasteiger partial charge is 0.355 e. The minimum Gasteiger partial charge on any atom is -0.355 e. The van der Waals surface area contributed by atoms with Crippen molar-refractivity contribution in [2.45, 2.75) is 32.2 Å². The molecule has 5 heterocycles. The molecule has 1 aliphatic carbocycles. The Balaban J connectivity index is 1.24. The van der Waals surface area contributed by atoms with E-state index < -0.39 is 0 Å². The molecule has 7 rings (SSSR count). The zero-order valence-electron chi connectivity index (χ0n) is 19.5. The number of nitrogens with zero attached hydrogens (tertiary/aromatic N) is 6. The summed E-state index contributed by atoms with van der Waals surface area (Å²) in [4.78, 5) is 7.42. The van der Waals surface area contributed by atoms with Crippen molar-refractivity contribution in [2.75, 3.05) is 18.0 Å². The van der Waals surface area contributed by atoms with Crippen LogP contribution in [0.1, 0.15) is 35.7 Å². The number of nitrogens with two attached hydrogens (primary N) is 1. The topological polar surface area (TPSA) is 76.8 Å². The Morgan fingerprint density at radius 2 is 1.89 bits per heavy atom. The Hall–Kier alpha value is -3.78. The van der Waals surface area contributed by atoms with Gasteiger partial charge in [0, 0.05) is 30.9 Å². The summed E-state index contributed by atoms with van der Waals surface area (Å²) >= 11 is 0. The van der Waals surface area contributed by atoms with Gasteiger partial charge >= 0.3 is 0 Å². The van der Waals surface area contributed by atoms with E-state index in [1.54, 1.807) is 12.1 Å². The van der Waals surface area contributed by atoms with Crippen molar-refractivity contribution >= 4 is 16.9 Å². The number of halogens is 1. The first-order valence-electron chi connectivity index (χ1n) is 12.1. The lowest BCUT2D eigenvalue weighted by molar-refractivity contribution is 0.186. The third kappa shape index (κ3) is 2.89. The Kier molecular flexibility index (Phi) is 4.33. The molecular formula is C27H26FN7. The van der Waals surface area contributed by atoms with Gasteiger partial charge in [-0.15, -0.1) is 0 Å². The van der Waals surface area contributed by atoms with Gasteiger partial charge in [0.15, 0.2) is 5.82 Å². The molecule has 176 valence electrons. The fourth-order valence-electron chi connectivity index (χ4n) is 6.23. The van der Waals surface area contributed by atoms with Crippen molar-refractivity contribution in [1.82, 2.24) is 24.2 Å². The highest BCUT2D eigenvalue weighted by molar-refractivity contribution is 5.83. The molecule has 8 heteroatoms. The van der Waals surface area contributed by atoms with Gasteiger partial charge in [-0.05, 0) is 67.0 Å². The molecule has 0 bridgehead atoms. The van der Waals surface area contributed by atoms with Crippen molar-refractivity contribution in [3.63, 3.8) is 0 Å². The van der Waals surface area contributed by atoms with Crippen LogP contribution in [0.4, 0.5) is 10.2 Å². The summed E-state index contributed by atoms with van der Waals surface area (Å²) in [5, 5.41) is 9.18. The van der Waals surface area contributed by atoms with E-state index in [1.807, 2.05) is 58.8 Å². The van der Waals surface area contributed by atoms with E-state index in [0.717, 1.165) is 70.9 Å². The first-order valence-corrected chi connectivity index (χ1v) is 12.1. The van der Waals surface area contributed by atoms with E-state index in [1.165, 1.54) is 0 Å². The van der Waals surface area contributed by atoms with Crippen LogP contribution in [-0.2, 0) is 6.42 Å². The molecule has 0 saturated carbocycles. The predicted molar refractivity (Wildman–Crippen MR) is 133 cm³/mol. The Bertz CT molecular complexity index is 1590. The molecule has 1 spiro atoms. The van der Waals surface area contributed by atoms with E-state index in [9.17, 15) is 4.39 Å². The maximum absolute atomic E-state index is 14.5. The molecule has 4 aromatic heterocycles. The molecule has 0 radical (unpaired) electrons. The van der Waals surface area contributed by atoms with Gasteiger partial charge in [0.25, 0.3) is 0 Å². The Labute approximate surface area is 202 Å². The van der Waals surface area contributed by atoms with Crippen LogP contribution in [-0.4, -0.2) is 37.3 Å². The van der Waals surface area contributed by atoms with Gasteiger partial charge in [0.2, 0.25) is 0 Å². The highest BCUT2D eigenvalue weighted by atomic mass is 19.1. The fourth-order valence-corrected chi connectivity index (χ4v) is 6.23. The lowest BCUT2D eigenvalue weighted by Gasteiger charge is -2.42. The van der Waals surface area contributed by atoms with Crippen LogP contribution in [0, 0.1) is 18.2 Å². The molecule has 2 aliphatic rings. The highest BCUT2D eigenvalue weighted by Crippen LogP contribution is 2.51. The molecule has 1 aromatic carbocycles. The van der Waals surface area contributed by atoms with Gasteiger partial charge in [-0.25, -0.2) is 18.4 Å². The van der Waals surface area contributed by atoms with Crippen molar-refractivity contribution in [2.24, 2.45) is 11.1 Å². The maximum atomic E-state index is 14.5. The number of aromatic nitrogens is 5. The molecule has 0 unspecified atom stereocenters. The number of rotatable bonds is 2. The number of benzene rings is 1. The molecule has 1 atom stereocenters. The highest BCUT2D eigenvalue weighted by Gasteiger charge is 2.47. The van der Waals surface area contributed by atoms with E-state index in [4.69, 9.17) is 10.7 Å². The van der Waals surface area contributed by atoms with Gasteiger partial charge in [-0.3, -0.25) is 0 Å². The second kappa shape index (κ2) is 7.36. The van der Waals surface area contributed by atoms with Gasteiger partial charge in [0.05, 0.1) is 29.3 Å². The first-order chi connectivity index (χ1) is 17.1. The lowest BCUT2D eigenvalue weighted by Crippen LogP contribution is -2.44. The summed E-state index contributed by atoms with van der Waals surface area (Å²) in [6, 6.07) is 13.2. The van der Waals surface area contributed by atoms with Gasteiger partial charge in [0.1, 0.15) is 11.3 Å². The van der Waals surface area contributed by atoms with E-state index in [0.29, 0.717) is 6.42 Å². The Morgan fingerprint density at radius 3 is 2.71 bits per heavy atom. The standard InChI is InChI=1S/C27H26FN7/c1-17-24(20-16-31-34-12-3-2-7-22(20)34)35-23(8-11-30-35)26(32-17)33-13-9-27(10-14-33)15-19-18(25(27)29)5-4-6-21(19)28/h2-8,11-12,16,25H,9-10,13-15,29H2,1H3/t25-/m1/s1. The third-order valence-corrected chi connectivity index (χ3v) is 8.12. The molecule has 35 heavy (non-hydrogen) atoms. The van der Waals surface area contributed by atoms with E-state index >= 15 is 0 Å². The minimum absolute atomic E-state index is 0.0936. The third-order valence-electron chi connectivity index (χ3n) is 8.12. The minimum atomic E-state index is -0.127. The van der Waals surface area contributed by atoms with Crippen LogP contribution >= 0.6 is 0 Å². The first kappa shape index (κ1) is 20.6. The number of aryl methyl sites for hydroxylation is 1. The molecular weight excluding hydrogens is 441 g/mol. The van der Waals surface area contributed by atoms with Crippen LogP contribution in [0.3, 0.4) is 0 Å². The van der Waals surface area contributed by atoms with Gasteiger partial charge in [-0.1, -0.05) is 18.2 Å². The average Bonchev–Trinajstić information content (AvgIpc) is 3.58. The molecule has 0 amide bonds. The molecule has 5 aromatic rings. The zero-order valence-corrected chi connectivity index (χ0v) is 19.5. The Morgan fingerprint density at radius 1 is 1.03 bits per heavy atom. The van der Waals surface area contributed by atoms with Crippen molar-refractivity contribution in [3.8, 4) is 11.3 Å². The average molecular weight is 468 g/mol. The molecule has 1 aliphatic heterocycles. The number of anilines is 1. The number of pyridine rings is 1. The van der Waals surface area contributed by atoms with Gasteiger partial charge in [-0.2, -0.15) is 10.2 Å². The SMILES string of the molecule is Cc1nc(N2CCC3(CC2)Cc2c(F)cccc2[C@H]3N)c2ccnn2c1-c1cnn2ccccc12. The monoisotopic (exact) mass is 467 g/mol. The predicted octanol–water partition coefficient (Wildman–Crippen LogP) is 4.33. The number of fused-ring (bicyclic) bond motifs is 3. The normalized spacial score (nSPS) is 19.2. The number of hydrogen-bond donors (Lipinski definition) is 1. The smallest absolute Gasteiger partial charge is 0.155 e. The molecule has 7 nitrogen and oxygen atoms in total. The zero-order chi connectivity index (χ0) is 23.7. The fraction of sp³-hybridized carbons (Fsp3) is 0.296. The quantitative estimate of drug-likeness (QED) is 0.418. The number of piperidine rings is 1. The summed E-state index contributed by atoms with van der Waals surface area (Å²) in [5.41, 5.74) is 13.2. The molecule has 1 fully saturated rings. The van der Waals surface area contributed by atoms with E-state index in [-0.39, 0.29) is 17.3 Å². The van der Waals surface area contributed by atoms with Crippen molar-refractivity contribution in [3.05, 3.63) is 83.7 Å². The summed E-state index contributed by atoms with van der Waals surface area (Å²) in [6.45, 7) is 3.68. The number of hydrogen-bond acceptors (Lipinski definition) is 5. The second-order valence-corrected chi connectivity index (χ2v) is 9.90. The second-order valence-electron chi connectivity index (χ2n) is 9.90. The molecule has 1 saturated heterocycles. The van der Waals surface area contributed by atoms with E-state index in [2.05, 4.69) is 21.2 Å². The van der Waals surface area contributed by atoms with Crippen molar-refractivity contribution in [1.29, 1.82) is 0 Å². The van der Waals surface area contributed by atoms with Crippen LogP contribution in [0.25, 0.3) is 22.3 Å². The summed E-state index contributed by atoms with van der Waals surface area (Å²) in [5.74, 6) is 0.809. The summed E-state index contributed by atoms with van der Waals surface area (Å²) < 4.78 is 18.3. The van der Waals surface area contributed by atoms with Crippen LogP contribution in [0.2, 0.25) is 0 Å². The summed E-state index contributed by atoms with van der Waals surface area (Å²) in [7, 11) is 0. The molecule has 2 N–H and O–H groups in total. The maximum Gasteiger partial charge on any atom is 0.155 e. The lowest BCUT2D eigenvalue weighted by atomic mass is 9.73. The van der Waals surface area contributed by atoms with Crippen LogP contribution < -0.4 is 10.6 Å². The van der Waals surface area contributed by atoms with Crippen LogP contribution in [0.5, 0.6) is 0 Å². The summed E-state index contributed by atoms with van der Waals surface area (Å²) in [6.07, 6.45) is 8.16. The van der Waals surface area contributed by atoms with Crippen LogP contribution in [0.15, 0.2) is 61.1 Å². The van der Waals surface area contributed by atoms with Gasteiger partial charge < -0.3 is 10.6 Å².